The van der Waals surface area contributed by atoms with Crippen molar-refractivity contribution < 1.29 is 32.7 Å². The molecular weight excluding hydrogens is 199 g/mol. The Morgan fingerprint density at radius 2 is 1.80 bits per heavy atom. The molecule has 59 valence electrons. The fraction of sp³-hybridized carbons (Fsp3) is 1.00. The van der Waals surface area contributed by atoms with Gasteiger partial charge in [-0.25, -0.2) is 0 Å². The van der Waals surface area contributed by atoms with E-state index in [1.807, 2.05) is 13.8 Å². The second-order valence-corrected chi connectivity index (χ2v) is 2.35. The summed E-state index contributed by atoms with van der Waals surface area (Å²) < 4.78 is 0. The van der Waals surface area contributed by atoms with Crippen LogP contribution >= 0.6 is 0 Å². The van der Waals surface area contributed by atoms with Gasteiger partial charge in [0.15, 0.2) is 0 Å². The van der Waals surface area contributed by atoms with E-state index in [1.54, 1.807) is 0 Å². The van der Waals surface area contributed by atoms with Crippen LogP contribution in [-0.2, 0) is 32.7 Å². The van der Waals surface area contributed by atoms with Gasteiger partial charge in [0, 0.05) is 38.8 Å². The minimum absolute atomic E-state index is 0. The van der Waals surface area contributed by atoms with Crippen LogP contribution in [0.3, 0.4) is 0 Å². The molecule has 1 aliphatic heterocycles. The van der Waals surface area contributed by atoms with E-state index in [0.717, 1.165) is 6.04 Å². The minimum atomic E-state index is 0. The zero-order chi connectivity index (χ0) is 7.11. The van der Waals surface area contributed by atoms with Gasteiger partial charge in [0.25, 0.3) is 0 Å². The van der Waals surface area contributed by atoms with Gasteiger partial charge in [-0.05, 0) is 26.3 Å². The fourth-order valence-electron chi connectivity index (χ4n) is 1.03. The molecular formula is C8H19NY. The van der Waals surface area contributed by atoms with E-state index >= 15 is 0 Å². The van der Waals surface area contributed by atoms with Crippen molar-refractivity contribution in [3.63, 3.8) is 0 Å². The molecule has 0 aliphatic carbocycles. The van der Waals surface area contributed by atoms with E-state index in [9.17, 15) is 0 Å². The SMILES string of the molecule is CC.CC1CCCCN1.[Y]. The summed E-state index contributed by atoms with van der Waals surface area (Å²) in [6.45, 7) is 7.49. The molecule has 1 nitrogen and oxygen atoms in total. The van der Waals surface area contributed by atoms with Crippen molar-refractivity contribution in [1.29, 1.82) is 0 Å². The second kappa shape index (κ2) is 10.1. The van der Waals surface area contributed by atoms with Crippen LogP contribution in [0.4, 0.5) is 0 Å². The third kappa shape index (κ3) is 7.17. The van der Waals surface area contributed by atoms with Crippen LogP contribution in [0, 0.1) is 0 Å². The maximum atomic E-state index is 3.38. The molecule has 0 aromatic carbocycles. The van der Waals surface area contributed by atoms with Crippen molar-refractivity contribution in [2.75, 3.05) is 6.54 Å². The molecule has 0 aromatic heterocycles. The first-order valence-corrected chi connectivity index (χ1v) is 4.13. The first-order chi connectivity index (χ1) is 4.39. The smallest absolute Gasteiger partial charge is 0.00387 e. The summed E-state index contributed by atoms with van der Waals surface area (Å²) in [6.07, 6.45) is 4.18. The van der Waals surface area contributed by atoms with Crippen molar-refractivity contribution in [1.82, 2.24) is 5.32 Å². The molecule has 1 unspecified atom stereocenters. The van der Waals surface area contributed by atoms with Crippen LogP contribution in [-0.4, -0.2) is 12.6 Å². The van der Waals surface area contributed by atoms with Crippen molar-refractivity contribution in [2.45, 2.75) is 46.1 Å². The maximum Gasteiger partial charge on any atom is 0.00387 e. The van der Waals surface area contributed by atoms with Crippen LogP contribution in [0.15, 0.2) is 0 Å². The summed E-state index contributed by atoms with van der Waals surface area (Å²) in [5.41, 5.74) is 0. The number of piperidine rings is 1. The Bertz CT molecular complexity index is 51.2. The summed E-state index contributed by atoms with van der Waals surface area (Å²) in [6, 6.07) is 0.786. The molecule has 1 N–H and O–H groups in total. The van der Waals surface area contributed by atoms with E-state index in [1.165, 1.54) is 25.8 Å². The van der Waals surface area contributed by atoms with Gasteiger partial charge in [0.1, 0.15) is 0 Å². The van der Waals surface area contributed by atoms with Gasteiger partial charge in [-0.3, -0.25) is 0 Å². The molecule has 1 aliphatic rings. The van der Waals surface area contributed by atoms with Crippen LogP contribution < -0.4 is 5.32 Å². The summed E-state index contributed by atoms with van der Waals surface area (Å²) in [7, 11) is 0. The number of hydrogen-bond acceptors (Lipinski definition) is 1. The molecule has 2 heteroatoms. The Morgan fingerprint density at radius 3 is 2.00 bits per heavy atom. The van der Waals surface area contributed by atoms with E-state index < -0.39 is 0 Å². The first kappa shape index (κ1) is 13.6. The standard InChI is InChI=1S/C6H13N.C2H6.Y/c1-6-4-2-3-5-7-6;1-2;/h6-7H,2-5H2,1H3;1-2H3;. The summed E-state index contributed by atoms with van der Waals surface area (Å²) in [5, 5.41) is 3.38. The van der Waals surface area contributed by atoms with Crippen molar-refractivity contribution in [3.05, 3.63) is 0 Å². The van der Waals surface area contributed by atoms with Gasteiger partial charge >= 0.3 is 0 Å². The molecule has 1 radical (unpaired) electrons. The van der Waals surface area contributed by atoms with Gasteiger partial charge in [-0.2, -0.15) is 0 Å². The number of nitrogens with one attached hydrogen (secondary N) is 1. The Balaban J connectivity index is 0. The van der Waals surface area contributed by atoms with Crippen LogP contribution in [0.5, 0.6) is 0 Å². The Morgan fingerprint density at radius 1 is 1.20 bits per heavy atom. The van der Waals surface area contributed by atoms with Crippen LogP contribution in [0.1, 0.15) is 40.0 Å². The topological polar surface area (TPSA) is 12.0 Å². The largest absolute Gasteiger partial charge is 0.314 e. The van der Waals surface area contributed by atoms with Crippen molar-refractivity contribution in [3.8, 4) is 0 Å². The molecule has 1 fully saturated rings. The quantitative estimate of drug-likeness (QED) is 0.657. The predicted molar refractivity (Wildman–Crippen MR) is 42.7 cm³/mol. The van der Waals surface area contributed by atoms with E-state index in [0.29, 0.717) is 0 Å². The normalized spacial score (nSPS) is 23.7. The minimum Gasteiger partial charge on any atom is -0.314 e. The van der Waals surface area contributed by atoms with Gasteiger partial charge in [0.05, 0.1) is 0 Å². The zero-order valence-corrected chi connectivity index (χ0v) is 10.3. The Labute approximate surface area is 90.2 Å². The molecule has 0 amide bonds. The van der Waals surface area contributed by atoms with Gasteiger partial charge < -0.3 is 5.32 Å². The van der Waals surface area contributed by atoms with Crippen molar-refractivity contribution >= 4 is 0 Å². The molecule has 0 aromatic rings. The summed E-state index contributed by atoms with van der Waals surface area (Å²) in [5.74, 6) is 0. The van der Waals surface area contributed by atoms with Crippen LogP contribution in [0.2, 0.25) is 0 Å². The fourth-order valence-corrected chi connectivity index (χ4v) is 1.03. The van der Waals surface area contributed by atoms with E-state index in [4.69, 9.17) is 0 Å². The summed E-state index contributed by atoms with van der Waals surface area (Å²) >= 11 is 0. The monoisotopic (exact) mass is 218 g/mol. The average molecular weight is 218 g/mol. The van der Waals surface area contributed by atoms with E-state index in [2.05, 4.69) is 12.2 Å². The second-order valence-electron chi connectivity index (χ2n) is 2.35. The molecule has 0 saturated carbocycles. The molecule has 1 saturated heterocycles. The van der Waals surface area contributed by atoms with Gasteiger partial charge in [-0.15, -0.1) is 0 Å². The van der Waals surface area contributed by atoms with Gasteiger partial charge in [0.2, 0.25) is 0 Å². The third-order valence-electron chi connectivity index (χ3n) is 1.56. The third-order valence-corrected chi connectivity index (χ3v) is 1.56. The number of hydrogen-bond donors (Lipinski definition) is 1. The Kier molecular flexibility index (Phi) is 13.7. The molecule has 0 bridgehead atoms. The summed E-state index contributed by atoms with van der Waals surface area (Å²) in [4.78, 5) is 0. The van der Waals surface area contributed by atoms with Crippen LogP contribution in [0.25, 0.3) is 0 Å². The maximum absolute atomic E-state index is 3.38. The number of rotatable bonds is 0. The predicted octanol–water partition coefficient (Wildman–Crippen LogP) is 2.17. The van der Waals surface area contributed by atoms with Gasteiger partial charge in [-0.1, -0.05) is 20.3 Å². The zero-order valence-electron chi connectivity index (χ0n) is 7.48. The first-order valence-electron chi connectivity index (χ1n) is 4.13. The molecule has 1 atom stereocenters. The van der Waals surface area contributed by atoms with Crippen molar-refractivity contribution in [2.24, 2.45) is 0 Å². The average Bonchev–Trinajstić information content (AvgIpc) is 1.94. The van der Waals surface area contributed by atoms with E-state index in [-0.39, 0.29) is 32.7 Å². The molecule has 10 heavy (non-hydrogen) atoms. The molecule has 0 spiro atoms. The Hall–Kier alpha value is 1.06. The molecule has 1 rings (SSSR count). The molecule has 1 heterocycles.